The summed E-state index contributed by atoms with van der Waals surface area (Å²) in [6.07, 6.45) is 1.63. The first-order valence-electron chi connectivity index (χ1n) is 7.08. The van der Waals surface area contributed by atoms with Crippen molar-refractivity contribution in [2.75, 3.05) is 13.1 Å². The van der Waals surface area contributed by atoms with Crippen LogP contribution in [-0.2, 0) is 16.6 Å². The van der Waals surface area contributed by atoms with Gasteiger partial charge in [0.1, 0.15) is 0 Å². The number of thiophene rings is 1. The van der Waals surface area contributed by atoms with Gasteiger partial charge in [0, 0.05) is 28.4 Å². The molecule has 4 nitrogen and oxygen atoms in total. The molecule has 6 heteroatoms. The van der Waals surface area contributed by atoms with Gasteiger partial charge in [-0.25, -0.2) is 8.42 Å². The molecule has 0 bridgehead atoms. The Morgan fingerprint density at radius 1 is 1.43 bits per heavy atom. The molecule has 120 valence electrons. The Kier molecular flexibility index (Phi) is 6.16. The van der Waals surface area contributed by atoms with Gasteiger partial charge in [0.2, 0.25) is 10.0 Å². The van der Waals surface area contributed by atoms with Crippen LogP contribution in [0.5, 0.6) is 0 Å². The minimum Gasteiger partial charge on any atom is -0.312 e. The summed E-state index contributed by atoms with van der Waals surface area (Å²) in [4.78, 5) is 2.29. The molecular weight excluding hydrogens is 304 g/mol. The number of nitrogens with zero attached hydrogens (tertiary/aromatic N) is 1. The van der Waals surface area contributed by atoms with Gasteiger partial charge >= 0.3 is 0 Å². The van der Waals surface area contributed by atoms with Gasteiger partial charge in [-0.1, -0.05) is 13.0 Å². The third kappa shape index (κ3) is 4.39. The molecule has 1 aromatic heterocycles. The smallest absolute Gasteiger partial charge is 0.244 e. The van der Waals surface area contributed by atoms with Crippen molar-refractivity contribution in [2.24, 2.45) is 0 Å². The summed E-state index contributed by atoms with van der Waals surface area (Å²) in [7, 11) is -3.51. The lowest BCUT2D eigenvalue weighted by Crippen LogP contribution is -2.45. The summed E-state index contributed by atoms with van der Waals surface area (Å²) < 4.78 is 27.4. The van der Waals surface area contributed by atoms with Gasteiger partial charge in [-0.15, -0.1) is 17.9 Å². The molecule has 0 radical (unpaired) electrons. The lowest BCUT2D eigenvalue weighted by atomic mass is 10.1. The molecule has 0 atom stereocenters. The Morgan fingerprint density at radius 2 is 2.05 bits per heavy atom. The maximum Gasteiger partial charge on any atom is 0.244 e. The molecule has 0 unspecified atom stereocenters. The minimum absolute atomic E-state index is 0.309. The largest absolute Gasteiger partial charge is 0.312 e. The van der Waals surface area contributed by atoms with Crippen LogP contribution < -0.4 is 5.32 Å². The first kappa shape index (κ1) is 18.4. The standard InChI is InChI=1S/C15H26N2O2S2/c1-7-9-17(15(4,5)6)21(18,19)14-10-13(11-16-8-2)20-12(14)3/h7,10,16H,1,8-9,11H2,2-6H3. The first-order valence-corrected chi connectivity index (χ1v) is 9.34. The predicted molar refractivity (Wildman–Crippen MR) is 90.3 cm³/mol. The van der Waals surface area contributed by atoms with Gasteiger partial charge in [-0.05, 0) is 40.3 Å². The number of aryl methyl sites for hydroxylation is 1. The van der Waals surface area contributed by atoms with Crippen LogP contribution in [0.4, 0.5) is 0 Å². The quantitative estimate of drug-likeness (QED) is 0.781. The number of nitrogens with one attached hydrogen (secondary N) is 1. The van der Waals surface area contributed by atoms with E-state index in [9.17, 15) is 8.42 Å². The van der Waals surface area contributed by atoms with E-state index in [1.54, 1.807) is 12.1 Å². The van der Waals surface area contributed by atoms with E-state index in [2.05, 4.69) is 11.9 Å². The third-order valence-corrected chi connectivity index (χ3v) is 6.52. The predicted octanol–water partition coefficient (Wildman–Crippen LogP) is 3.14. The van der Waals surface area contributed by atoms with Crippen molar-refractivity contribution in [3.05, 3.63) is 28.5 Å². The van der Waals surface area contributed by atoms with E-state index in [-0.39, 0.29) is 0 Å². The fraction of sp³-hybridized carbons (Fsp3) is 0.600. The normalized spacial score (nSPS) is 12.9. The second-order valence-electron chi connectivity index (χ2n) is 5.91. The van der Waals surface area contributed by atoms with E-state index in [0.29, 0.717) is 18.0 Å². The summed E-state index contributed by atoms with van der Waals surface area (Å²) >= 11 is 1.53. The monoisotopic (exact) mass is 330 g/mol. The minimum atomic E-state index is -3.51. The highest BCUT2D eigenvalue weighted by molar-refractivity contribution is 7.89. The fourth-order valence-corrected chi connectivity index (χ4v) is 5.42. The lowest BCUT2D eigenvalue weighted by molar-refractivity contribution is 0.270. The van der Waals surface area contributed by atoms with Crippen LogP contribution in [0.3, 0.4) is 0 Å². The van der Waals surface area contributed by atoms with Crippen molar-refractivity contribution < 1.29 is 8.42 Å². The van der Waals surface area contributed by atoms with Crippen LogP contribution in [0, 0.1) is 6.92 Å². The molecule has 0 amide bonds. The average molecular weight is 331 g/mol. The van der Waals surface area contributed by atoms with Gasteiger partial charge in [0.05, 0.1) is 4.90 Å². The van der Waals surface area contributed by atoms with Gasteiger partial charge < -0.3 is 5.32 Å². The van der Waals surface area contributed by atoms with Gasteiger partial charge in [0.25, 0.3) is 0 Å². The van der Waals surface area contributed by atoms with Crippen molar-refractivity contribution in [2.45, 2.75) is 51.6 Å². The summed E-state index contributed by atoms with van der Waals surface area (Å²) in [6.45, 7) is 15.1. The molecule has 1 aromatic rings. The molecule has 0 spiro atoms. The van der Waals surface area contributed by atoms with Crippen molar-refractivity contribution in [1.29, 1.82) is 0 Å². The zero-order chi connectivity index (χ0) is 16.3. The van der Waals surface area contributed by atoms with Crippen LogP contribution in [0.15, 0.2) is 23.6 Å². The second kappa shape index (κ2) is 7.05. The zero-order valence-corrected chi connectivity index (χ0v) is 15.2. The summed E-state index contributed by atoms with van der Waals surface area (Å²) in [6, 6.07) is 1.79. The maximum atomic E-state index is 12.9. The summed E-state index contributed by atoms with van der Waals surface area (Å²) in [5, 5.41) is 3.23. The van der Waals surface area contributed by atoms with Crippen LogP contribution in [-0.4, -0.2) is 31.4 Å². The molecule has 0 aliphatic carbocycles. The Balaban J connectivity index is 3.22. The molecule has 0 aromatic carbocycles. The molecule has 0 fully saturated rings. The average Bonchev–Trinajstić information content (AvgIpc) is 2.74. The van der Waals surface area contributed by atoms with Crippen LogP contribution in [0.25, 0.3) is 0 Å². The van der Waals surface area contributed by atoms with E-state index in [4.69, 9.17) is 0 Å². The van der Waals surface area contributed by atoms with Crippen molar-refractivity contribution in [3.8, 4) is 0 Å². The molecule has 1 N–H and O–H groups in total. The Morgan fingerprint density at radius 3 is 2.52 bits per heavy atom. The summed E-state index contributed by atoms with van der Waals surface area (Å²) in [5.74, 6) is 0. The van der Waals surface area contributed by atoms with Crippen LogP contribution >= 0.6 is 11.3 Å². The molecule has 0 aliphatic rings. The van der Waals surface area contributed by atoms with Crippen molar-refractivity contribution in [3.63, 3.8) is 0 Å². The molecule has 0 aliphatic heterocycles. The Labute approximate surface area is 132 Å². The van der Waals surface area contributed by atoms with E-state index in [0.717, 1.165) is 16.3 Å². The lowest BCUT2D eigenvalue weighted by Gasteiger charge is -2.33. The fourth-order valence-electron chi connectivity index (χ4n) is 2.08. The van der Waals surface area contributed by atoms with Gasteiger partial charge in [-0.2, -0.15) is 4.31 Å². The summed E-state index contributed by atoms with van der Waals surface area (Å²) in [5.41, 5.74) is -0.483. The first-order chi connectivity index (χ1) is 9.64. The highest BCUT2D eigenvalue weighted by Crippen LogP contribution is 2.31. The molecule has 0 saturated heterocycles. The number of hydrogen-bond acceptors (Lipinski definition) is 4. The van der Waals surface area contributed by atoms with E-state index in [1.807, 2.05) is 34.6 Å². The SMILES string of the molecule is C=CCN(C(C)(C)C)S(=O)(=O)c1cc(CNCC)sc1C. The molecular formula is C15H26N2O2S2. The van der Waals surface area contributed by atoms with Crippen LogP contribution in [0.2, 0.25) is 0 Å². The number of rotatable bonds is 7. The van der Waals surface area contributed by atoms with Gasteiger partial charge in [-0.3, -0.25) is 0 Å². The number of hydrogen-bond donors (Lipinski definition) is 1. The third-order valence-electron chi connectivity index (χ3n) is 3.08. The zero-order valence-electron chi connectivity index (χ0n) is 13.6. The van der Waals surface area contributed by atoms with E-state index in [1.165, 1.54) is 15.6 Å². The highest BCUT2D eigenvalue weighted by Gasteiger charge is 2.34. The highest BCUT2D eigenvalue weighted by atomic mass is 32.2. The maximum absolute atomic E-state index is 12.9. The molecule has 21 heavy (non-hydrogen) atoms. The second-order valence-corrected chi connectivity index (χ2v) is 9.08. The topological polar surface area (TPSA) is 49.4 Å². The van der Waals surface area contributed by atoms with E-state index >= 15 is 0 Å². The Bertz CT molecular complexity index is 583. The van der Waals surface area contributed by atoms with Gasteiger partial charge in [0.15, 0.2) is 0 Å². The van der Waals surface area contributed by atoms with Crippen molar-refractivity contribution >= 4 is 21.4 Å². The molecule has 1 rings (SSSR count). The number of sulfonamides is 1. The van der Waals surface area contributed by atoms with Crippen molar-refractivity contribution in [1.82, 2.24) is 9.62 Å². The van der Waals surface area contributed by atoms with Crippen LogP contribution in [0.1, 0.15) is 37.4 Å². The Hall–Kier alpha value is -0.690. The molecule has 0 saturated carbocycles. The van der Waals surface area contributed by atoms with E-state index < -0.39 is 15.6 Å². The molecule has 1 heterocycles.